The Balaban J connectivity index is 1.96. The zero-order valence-electron chi connectivity index (χ0n) is 33.5. The zero-order chi connectivity index (χ0) is 40.4. The molecule has 0 aliphatic carbocycles. The van der Waals surface area contributed by atoms with Crippen LogP contribution in [0.15, 0.2) is 23.8 Å². The van der Waals surface area contributed by atoms with Gasteiger partial charge in [0.25, 0.3) is 0 Å². The van der Waals surface area contributed by atoms with Crippen LogP contribution in [0, 0.1) is 23.7 Å². The van der Waals surface area contributed by atoms with Gasteiger partial charge in [0, 0.05) is 38.4 Å². The summed E-state index contributed by atoms with van der Waals surface area (Å²) in [7, 11) is 6.36. The number of aliphatic hydroxyl groups is 4. The number of methoxy groups -OCH3 is 2. The van der Waals surface area contributed by atoms with Gasteiger partial charge in [-0.3, -0.25) is 9.59 Å². The lowest BCUT2D eigenvalue weighted by molar-refractivity contribution is -0.304. The van der Waals surface area contributed by atoms with Gasteiger partial charge in [-0.2, -0.15) is 0 Å². The van der Waals surface area contributed by atoms with E-state index < -0.39 is 116 Å². The first-order valence-electron chi connectivity index (χ1n) is 19.0. The first-order valence-corrected chi connectivity index (χ1v) is 19.0. The second-order valence-electron chi connectivity index (χ2n) is 15.4. The predicted molar refractivity (Wildman–Crippen MR) is 196 cm³/mol. The third kappa shape index (κ3) is 11.7. The lowest BCUT2D eigenvalue weighted by Crippen LogP contribution is -2.63. The number of likely N-dealkylation sites (N-methyl/N-ethyl adjacent to an activating group) is 1. The summed E-state index contributed by atoms with van der Waals surface area (Å²) in [5, 5.41) is 44.2. The van der Waals surface area contributed by atoms with E-state index >= 15 is 0 Å². The molecule has 15 nitrogen and oxygen atoms in total. The number of nitrogens with zero attached hydrogens (tertiary/aromatic N) is 1. The fraction of sp³-hybridized carbons (Fsp3) is 0.821. The van der Waals surface area contributed by atoms with Gasteiger partial charge in [0.2, 0.25) is 0 Å². The molecule has 15 heteroatoms. The minimum Gasteiger partial charge on any atom is -0.462 e. The standard InChI is InChI=1S/C39H65NO14/c1-11-29-26(19-50-39-37(49-10)36(48-9)33(46)24(6)52-39)16-20(2)12-13-27(42)21(3)17-25(14-15-41)35(22(4)28(43)18-30(44)53-29)54-38-34(47)31(40(7)8)32(45)23(5)51-38/h12-13,15-16,21-26,28-29,31-39,43,45-47H,11,14,17-19H2,1-10H3/t21-,22+,23-,24-,25+,26?,28-,29-,31+,32-,33-,34-,35-,36-,37-,38+,39-/m1/s1. The van der Waals surface area contributed by atoms with Crippen LogP contribution in [0.5, 0.6) is 0 Å². The highest BCUT2D eigenvalue weighted by Crippen LogP contribution is 2.35. The molecule has 0 amide bonds. The molecule has 2 fully saturated rings. The second kappa shape index (κ2) is 21.4. The Labute approximate surface area is 319 Å². The van der Waals surface area contributed by atoms with Gasteiger partial charge < -0.3 is 63.3 Å². The average Bonchev–Trinajstić information content (AvgIpc) is 3.12. The summed E-state index contributed by atoms with van der Waals surface area (Å²) < 4.78 is 41.6. The van der Waals surface area contributed by atoms with E-state index in [2.05, 4.69) is 0 Å². The molecule has 310 valence electrons. The number of ketones is 1. The summed E-state index contributed by atoms with van der Waals surface area (Å²) in [6.07, 6.45) is -5.36. The van der Waals surface area contributed by atoms with E-state index in [1.165, 1.54) is 20.3 Å². The number of hydrogen-bond donors (Lipinski definition) is 4. The van der Waals surface area contributed by atoms with Crippen LogP contribution in [0.4, 0.5) is 0 Å². The Morgan fingerprint density at radius 1 is 0.889 bits per heavy atom. The molecule has 0 spiro atoms. The minimum atomic E-state index is -1.31. The summed E-state index contributed by atoms with van der Waals surface area (Å²) >= 11 is 0. The maximum atomic E-state index is 13.6. The number of carbonyl (C=O) groups excluding carboxylic acids is 3. The molecule has 17 atom stereocenters. The third-order valence-corrected chi connectivity index (χ3v) is 11.1. The molecule has 4 N–H and O–H groups in total. The van der Waals surface area contributed by atoms with E-state index in [1.54, 1.807) is 52.8 Å². The molecule has 0 radical (unpaired) electrons. The topological polar surface area (TPSA) is 200 Å². The number of rotatable bonds is 11. The van der Waals surface area contributed by atoms with E-state index in [4.69, 9.17) is 33.2 Å². The fourth-order valence-corrected chi connectivity index (χ4v) is 7.76. The van der Waals surface area contributed by atoms with Crippen molar-refractivity contribution in [1.29, 1.82) is 0 Å². The van der Waals surface area contributed by atoms with E-state index in [-0.39, 0.29) is 25.2 Å². The van der Waals surface area contributed by atoms with Gasteiger partial charge in [-0.1, -0.05) is 38.5 Å². The number of aldehydes is 1. The number of allylic oxidation sites excluding steroid dienone is 3. The van der Waals surface area contributed by atoms with E-state index in [9.17, 15) is 34.8 Å². The van der Waals surface area contributed by atoms with Crippen LogP contribution in [0.3, 0.4) is 0 Å². The van der Waals surface area contributed by atoms with Crippen LogP contribution < -0.4 is 0 Å². The number of cyclic esters (lactones) is 1. The lowest BCUT2D eigenvalue weighted by atomic mass is 9.79. The quantitative estimate of drug-likeness (QED) is 0.174. The van der Waals surface area contributed by atoms with Crippen LogP contribution in [-0.2, 0) is 47.5 Å². The van der Waals surface area contributed by atoms with Crippen molar-refractivity contribution < 1.29 is 68.0 Å². The molecule has 0 aromatic rings. The number of ether oxygens (including phenoxy) is 7. The van der Waals surface area contributed by atoms with Gasteiger partial charge in [-0.25, -0.2) is 0 Å². The van der Waals surface area contributed by atoms with Gasteiger partial charge in [0.1, 0.15) is 36.8 Å². The molecule has 54 heavy (non-hydrogen) atoms. The van der Waals surface area contributed by atoms with Crippen molar-refractivity contribution in [2.24, 2.45) is 23.7 Å². The van der Waals surface area contributed by atoms with E-state index in [1.807, 2.05) is 19.9 Å². The summed E-state index contributed by atoms with van der Waals surface area (Å²) in [6.45, 7) is 10.5. The summed E-state index contributed by atoms with van der Waals surface area (Å²) in [5.41, 5.74) is 0.701. The molecule has 3 rings (SSSR count). The van der Waals surface area contributed by atoms with Crippen molar-refractivity contribution in [3.8, 4) is 0 Å². The van der Waals surface area contributed by atoms with E-state index in [0.717, 1.165) is 6.29 Å². The zero-order valence-corrected chi connectivity index (χ0v) is 33.5. The fourth-order valence-electron chi connectivity index (χ4n) is 7.76. The predicted octanol–water partition coefficient (Wildman–Crippen LogP) is 1.56. The monoisotopic (exact) mass is 771 g/mol. The van der Waals surface area contributed by atoms with Crippen molar-refractivity contribution in [1.82, 2.24) is 4.90 Å². The maximum Gasteiger partial charge on any atom is 0.308 e. The number of esters is 1. The Kier molecular flexibility index (Phi) is 18.3. The molecular weight excluding hydrogens is 706 g/mol. The Hall–Kier alpha value is -2.15. The van der Waals surface area contributed by atoms with E-state index in [0.29, 0.717) is 12.0 Å². The molecule has 3 heterocycles. The summed E-state index contributed by atoms with van der Waals surface area (Å²) in [6, 6.07) is -0.740. The molecule has 1 unspecified atom stereocenters. The Morgan fingerprint density at radius 3 is 2.11 bits per heavy atom. The second-order valence-corrected chi connectivity index (χ2v) is 15.4. The molecule has 0 aromatic carbocycles. The Bertz CT molecular complexity index is 1260. The minimum absolute atomic E-state index is 0.0120. The average molecular weight is 772 g/mol. The number of aliphatic hydroxyl groups excluding tert-OH is 4. The van der Waals surface area contributed by atoms with Gasteiger partial charge in [0.15, 0.2) is 18.4 Å². The molecule has 0 saturated carbocycles. The van der Waals surface area contributed by atoms with Crippen molar-refractivity contribution in [2.75, 3.05) is 34.9 Å². The molecule has 0 bridgehead atoms. The lowest BCUT2D eigenvalue weighted by Gasteiger charge is -2.46. The first kappa shape index (κ1) is 46.2. The van der Waals surface area contributed by atoms with Gasteiger partial charge in [0.05, 0.1) is 49.6 Å². The van der Waals surface area contributed by atoms with Crippen molar-refractivity contribution >= 4 is 18.0 Å². The first-order chi connectivity index (χ1) is 25.5. The highest BCUT2D eigenvalue weighted by atomic mass is 16.7. The SMILES string of the molecule is CC[C@H]1OC(=O)C[C@@H](O)[C@H](C)[C@@H](O[C@@H]2O[C@H](C)[C@@H](O)[C@H](N(C)C)[C@H]2O)[C@@H](CC=O)C[C@@H](C)C(=O)C=CC(C)=CC1CO[C@@H]1O[C@H](C)[C@@H](O)[C@@H](OC)[C@H]1OC. The van der Waals surface area contributed by atoms with Crippen LogP contribution >= 0.6 is 0 Å². The Morgan fingerprint density at radius 2 is 1.52 bits per heavy atom. The smallest absolute Gasteiger partial charge is 0.308 e. The van der Waals surface area contributed by atoms with Crippen LogP contribution in [0.2, 0.25) is 0 Å². The van der Waals surface area contributed by atoms with Gasteiger partial charge in [-0.15, -0.1) is 0 Å². The molecular formula is C39H65NO14. The maximum absolute atomic E-state index is 13.6. The van der Waals surface area contributed by atoms with Gasteiger partial charge >= 0.3 is 5.97 Å². The van der Waals surface area contributed by atoms with Crippen molar-refractivity contribution in [3.05, 3.63) is 23.8 Å². The van der Waals surface area contributed by atoms with Crippen LogP contribution in [0.25, 0.3) is 0 Å². The summed E-state index contributed by atoms with van der Waals surface area (Å²) in [4.78, 5) is 40.8. The normalized spacial score (nSPS) is 42.1. The number of carbonyl (C=O) groups is 3. The van der Waals surface area contributed by atoms with Gasteiger partial charge in [-0.05, 0) is 59.7 Å². The molecule has 0 aromatic heterocycles. The molecule has 3 aliphatic rings. The summed E-state index contributed by atoms with van der Waals surface area (Å²) in [5.74, 6) is -3.37. The molecule has 3 aliphatic heterocycles. The van der Waals surface area contributed by atoms with Crippen LogP contribution in [0.1, 0.15) is 67.2 Å². The van der Waals surface area contributed by atoms with Crippen molar-refractivity contribution in [2.45, 2.75) is 147 Å². The highest BCUT2D eigenvalue weighted by Gasteiger charge is 2.48. The molecule has 2 saturated heterocycles. The van der Waals surface area contributed by atoms with Crippen LogP contribution in [-0.4, -0.2) is 158 Å². The third-order valence-electron chi connectivity index (χ3n) is 11.1. The number of hydrogen-bond acceptors (Lipinski definition) is 15. The van der Waals surface area contributed by atoms with Crippen molar-refractivity contribution in [3.63, 3.8) is 0 Å². The highest BCUT2D eigenvalue weighted by molar-refractivity contribution is 5.91. The largest absolute Gasteiger partial charge is 0.462 e.